The van der Waals surface area contributed by atoms with Crippen LogP contribution in [0.5, 0.6) is 5.75 Å². The first kappa shape index (κ1) is 14.0. The largest absolute Gasteiger partial charge is 0.494 e. The maximum absolute atomic E-state index is 13.3. The summed E-state index contributed by atoms with van der Waals surface area (Å²) in [7, 11) is 1.47. The predicted octanol–water partition coefficient (Wildman–Crippen LogP) is 3.66. The van der Waals surface area contributed by atoms with Crippen molar-refractivity contribution in [3.05, 3.63) is 29.6 Å². The Bertz CT molecular complexity index is 350. The van der Waals surface area contributed by atoms with Crippen molar-refractivity contribution in [3.8, 4) is 5.75 Å². The van der Waals surface area contributed by atoms with Crippen molar-refractivity contribution in [3.63, 3.8) is 0 Å². The Morgan fingerprint density at radius 3 is 2.47 bits per heavy atom. The first-order valence-electron chi connectivity index (χ1n) is 6.21. The van der Waals surface area contributed by atoms with E-state index in [0.29, 0.717) is 5.92 Å². The van der Waals surface area contributed by atoms with Crippen molar-refractivity contribution in [2.75, 3.05) is 7.11 Å². The van der Waals surface area contributed by atoms with Gasteiger partial charge >= 0.3 is 0 Å². The normalized spacial score (nSPS) is 12.8. The number of nitrogens with two attached hydrogens (primary N) is 1. The topological polar surface area (TPSA) is 35.2 Å². The summed E-state index contributed by atoms with van der Waals surface area (Å²) in [6.07, 6.45) is 3.19. The van der Waals surface area contributed by atoms with E-state index in [1.807, 2.05) is 0 Å². The summed E-state index contributed by atoms with van der Waals surface area (Å²) in [5, 5.41) is 0. The fourth-order valence-electron chi connectivity index (χ4n) is 2.02. The zero-order valence-electron chi connectivity index (χ0n) is 10.9. The highest BCUT2D eigenvalue weighted by molar-refractivity contribution is 5.32. The second kappa shape index (κ2) is 6.60. The first-order valence-corrected chi connectivity index (χ1v) is 6.21. The number of halogens is 1. The van der Waals surface area contributed by atoms with Crippen LogP contribution in [0.2, 0.25) is 0 Å². The summed E-state index contributed by atoms with van der Waals surface area (Å²) in [4.78, 5) is 0. The summed E-state index contributed by atoms with van der Waals surface area (Å²) in [5.41, 5.74) is 7.08. The molecule has 0 bridgehead atoms. The van der Waals surface area contributed by atoms with E-state index in [1.165, 1.54) is 13.2 Å². The smallest absolute Gasteiger partial charge is 0.165 e. The average Bonchev–Trinajstić information content (AvgIpc) is 2.36. The van der Waals surface area contributed by atoms with Gasteiger partial charge in [-0.1, -0.05) is 32.8 Å². The molecular weight excluding hydrogens is 217 g/mol. The molecule has 0 aliphatic carbocycles. The Morgan fingerprint density at radius 1 is 1.29 bits per heavy atom. The van der Waals surface area contributed by atoms with Crippen LogP contribution in [-0.2, 0) is 0 Å². The Kier molecular flexibility index (Phi) is 5.42. The number of ether oxygens (including phenoxy) is 1. The van der Waals surface area contributed by atoms with E-state index >= 15 is 0 Å². The molecule has 0 fully saturated rings. The van der Waals surface area contributed by atoms with Gasteiger partial charge in [-0.05, 0) is 30.0 Å². The second-order valence-corrected chi connectivity index (χ2v) is 4.42. The Morgan fingerprint density at radius 2 is 1.94 bits per heavy atom. The third-order valence-electron chi connectivity index (χ3n) is 3.35. The number of benzene rings is 1. The third kappa shape index (κ3) is 3.70. The summed E-state index contributed by atoms with van der Waals surface area (Å²) >= 11 is 0. The summed E-state index contributed by atoms with van der Waals surface area (Å²) in [5.74, 6) is 0.550. The van der Waals surface area contributed by atoms with Gasteiger partial charge in [0.1, 0.15) is 0 Å². The number of hydrogen-bond acceptors (Lipinski definition) is 2. The molecule has 1 aromatic carbocycles. The van der Waals surface area contributed by atoms with Gasteiger partial charge in [-0.25, -0.2) is 4.39 Å². The van der Waals surface area contributed by atoms with Crippen LogP contribution in [0, 0.1) is 11.7 Å². The highest BCUT2D eigenvalue weighted by Gasteiger charge is 2.14. The summed E-state index contributed by atoms with van der Waals surface area (Å²) < 4.78 is 18.2. The van der Waals surface area contributed by atoms with E-state index < -0.39 is 0 Å². The predicted molar refractivity (Wildman–Crippen MR) is 68.6 cm³/mol. The van der Waals surface area contributed by atoms with Gasteiger partial charge in [0.2, 0.25) is 0 Å². The molecule has 3 heteroatoms. The highest BCUT2D eigenvalue weighted by Crippen LogP contribution is 2.27. The van der Waals surface area contributed by atoms with Gasteiger partial charge in [0.25, 0.3) is 0 Å². The molecule has 1 aromatic rings. The van der Waals surface area contributed by atoms with Gasteiger partial charge in [-0.3, -0.25) is 0 Å². The Labute approximate surface area is 103 Å². The summed E-state index contributed by atoms with van der Waals surface area (Å²) in [6, 6.07) is 4.81. The lowest BCUT2D eigenvalue weighted by Gasteiger charge is -2.19. The monoisotopic (exact) mass is 239 g/mol. The molecule has 0 spiro atoms. The Balaban J connectivity index is 2.78. The van der Waals surface area contributed by atoms with Gasteiger partial charge in [-0.2, -0.15) is 0 Å². The minimum atomic E-state index is -0.342. The van der Waals surface area contributed by atoms with Gasteiger partial charge in [0.05, 0.1) is 7.11 Å². The average molecular weight is 239 g/mol. The number of methoxy groups -OCH3 is 1. The van der Waals surface area contributed by atoms with Crippen molar-refractivity contribution >= 4 is 0 Å². The molecule has 96 valence electrons. The van der Waals surface area contributed by atoms with Crippen LogP contribution in [0.25, 0.3) is 0 Å². The number of rotatable bonds is 6. The molecule has 1 rings (SSSR count). The van der Waals surface area contributed by atoms with E-state index in [9.17, 15) is 4.39 Å². The quantitative estimate of drug-likeness (QED) is 0.822. The van der Waals surface area contributed by atoms with Crippen LogP contribution in [0.4, 0.5) is 4.39 Å². The summed E-state index contributed by atoms with van der Waals surface area (Å²) in [6.45, 7) is 4.35. The van der Waals surface area contributed by atoms with Crippen molar-refractivity contribution in [1.29, 1.82) is 0 Å². The van der Waals surface area contributed by atoms with E-state index in [0.717, 1.165) is 24.8 Å². The molecule has 0 amide bonds. The van der Waals surface area contributed by atoms with Gasteiger partial charge in [0.15, 0.2) is 11.6 Å². The fraction of sp³-hybridized carbons (Fsp3) is 0.571. The molecule has 0 aliphatic rings. The minimum Gasteiger partial charge on any atom is -0.494 e. The zero-order valence-corrected chi connectivity index (χ0v) is 10.9. The second-order valence-electron chi connectivity index (χ2n) is 4.42. The van der Waals surface area contributed by atoms with Gasteiger partial charge < -0.3 is 10.5 Å². The molecule has 1 unspecified atom stereocenters. The lowest BCUT2D eigenvalue weighted by Crippen LogP contribution is -2.15. The Hall–Kier alpha value is -1.09. The van der Waals surface area contributed by atoms with Crippen molar-refractivity contribution in [1.82, 2.24) is 0 Å². The lowest BCUT2D eigenvalue weighted by atomic mass is 9.91. The van der Waals surface area contributed by atoms with Crippen molar-refractivity contribution < 1.29 is 9.13 Å². The van der Waals surface area contributed by atoms with Crippen LogP contribution in [0.3, 0.4) is 0 Å². The molecule has 17 heavy (non-hydrogen) atoms. The fourth-order valence-corrected chi connectivity index (χ4v) is 2.02. The molecular formula is C14H22FNO. The van der Waals surface area contributed by atoms with E-state index in [-0.39, 0.29) is 17.6 Å². The third-order valence-corrected chi connectivity index (χ3v) is 3.35. The van der Waals surface area contributed by atoms with Crippen LogP contribution in [0.15, 0.2) is 18.2 Å². The van der Waals surface area contributed by atoms with Crippen LogP contribution in [-0.4, -0.2) is 7.11 Å². The van der Waals surface area contributed by atoms with Crippen LogP contribution in [0.1, 0.15) is 44.7 Å². The lowest BCUT2D eigenvalue weighted by molar-refractivity contribution is 0.382. The van der Waals surface area contributed by atoms with Gasteiger partial charge in [-0.15, -0.1) is 0 Å². The van der Waals surface area contributed by atoms with Crippen molar-refractivity contribution in [2.45, 2.75) is 39.2 Å². The van der Waals surface area contributed by atoms with E-state index in [4.69, 9.17) is 10.5 Å². The molecule has 0 heterocycles. The maximum atomic E-state index is 13.3. The number of hydrogen-bond donors (Lipinski definition) is 1. The molecule has 0 aliphatic heterocycles. The maximum Gasteiger partial charge on any atom is 0.165 e. The molecule has 0 aromatic heterocycles. The SMILES string of the molecule is CCC(CC)CC(N)c1ccc(F)c(OC)c1. The molecule has 0 radical (unpaired) electrons. The van der Waals surface area contributed by atoms with Crippen molar-refractivity contribution in [2.24, 2.45) is 11.7 Å². The minimum absolute atomic E-state index is 0.0469. The molecule has 0 saturated heterocycles. The molecule has 1 atom stereocenters. The molecule has 2 nitrogen and oxygen atoms in total. The van der Waals surface area contributed by atoms with E-state index in [2.05, 4.69) is 13.8 Å². The van der Waals surface area contributed by atoms with Crippen LogP contribution >= 0.6 is 0 Å². The zero-order chi connectivity index (χ0) is 12.8. The molecule has 2 N–H and O–H groups in total. The van der Waals surface area contributed by atoms with E-state index in [1.54, 1.807) is 12.1 Å². The van der Waals surface area contributed by atoms with Gasteiger partial charge in [0, 0.05) is 6.04 Å². The van der Waals surface area contributed by atoms with Crippen LogP contribution < -0.4 is 10.5 Å². The standard InChI is InChI=1S/C14H22FNO/c1-4-10(5-2)8-13(16)11-6-7-12(15)14(9-11)17-3/h6-7,9-10,13H,4-5,8,16H2,1-3H3. The highest BCUT2D eigenvalue weighted by atomic mass is 19.1. The molecule has 0 saturated carbocycles. The first-order chi connectivity index (χ1) is 8.12.